The summed E-state index contributed by atoms with van der Waals surface area (Å²) in [7, 11) is 1.59. The quantitative estimate of drug-likeness (QED) is 0.668. The van der Waals surface area contributed by atoms with Crippen molar-refractivity contribution in [3.05, 3.63) is 0 Å². The van der Waals surface area contributed by atoms with Crippen molar-refractivity contribution in [2.24, 2.45) is 5.92 Å². The lowest BCUT2D eigenvalue weighted by molar-refractivity contribution is -0.140. The van der Waals surface area contributed by atoms with Crippen LogP contribution in [-0.4, -0.2) is 54.9 Å². The number of carbonyl (C=O) groups excluding carboxylic acids is 1. The zero-order valence-corrected chi connectivity index (χ0v) is 12.3. The lowest BCUT2D eigenvalue weighted by Crippen LogP contribution is -2.48. The van der Waals surface area contributed by atoms with E-state index in [1.54, 1.807) is 18.9 Å². The van der Waals surface area contributed by atoms with Crippen LogP contribution in [0.25, 0.3) is 0 Å². The fourth-order valence-electron chi connectivity index (χ4n) is 1.80. The van der Waals surface area contributed by atoms with E-state index in [-0.39, 0.29) is 18.6 Å². The molecule has 0 bridgehead atoms. The van der Waals surface area contributed by atoms with Gasteiger partial charge in [0.15, 0.2) is 0 Å². The molecule has 0 heterocycles. The van der Waals surface area contributed by atoms with E-state index in [1.165, 1.54) is 0 Å². The van der Waals surface area contributed by atoms with Crippen LogP contribution >= 0.6 is 0 Å². The molecule has 112 valence electrons. The van der Waals surface area contributed by atoms with E-state index >= 15 is 0 Å². The molecular weight excluding hydrogens is 248 g/mol. The average Bonchev–Trinajstić information content (AvgIpc) is 2.40. The summed E-state index contributed by atoms with van der Waals surface area (Å²) in [5.41, 5.74) is 0. The fraction of sp³-hybridized carbons (Fsp3) is 0.846. The Balaban J connectivity index is 4.48. The molecule has 1 unspecified atom stereocenters. The molecule has 6 heteroatoms. The van der Waals surface area contributed by atoms with Crippen LogP contribution < -0.4 is 5.32 Å². The highest BCUT2D eigenvalue weighted by molar-refractivity contribution is 5.76. The van der Waals surface area contributed by atoms with Gasteiger partial charge in [0.25, 0.3) is 0 Å². The topological polar surface area (TPSA) is 78.9 Å². The standard InChI is InChI=1S/C13H26N2O4/c1-5-11(6-2)15(7-8-19-4)13(18)14-9-10(3)12(16)17/h10-11H,5-9H2,1-4H3,(H,14,18)(H,16,17). The van der Waals surface area contributed by atoms with Gasteiger partial charge in [-0.15, -0.1) is 0 Å². The summed E-state index contributed by atoms with van der Waals surface area (Å²) in [6.45, 7) is 6.74. The second-order valence-electron chi connectivity index (χ2n) is 4.58. The Morgan fingerprint density at radius 3 is 2.32 bits per heavy atom. The van der Waals surface area contributed by atoms with Gasteiger partial charge in [-0.2, -0.15) is 0 Å². The number of hydrogen-bond acceptors (Lipinski definition) is 3. The number of nitrogens with zero attached hydrogens (tertiary/aromatic N) is 1. The summed E-state index contributed by atoms with van der Waals surface area (Å²) in [5, 5.41) is 11.5. The van der Waals surface area contributed by atoms with Crippen molar-refractivity contribution in [2.45, 2.75) is 39.7 Å². The van der Waals surface area contributed by atoms with Gasteiger partial charge in [-0.05, 0) is 12.8 Å². The summed E-state index contributed by atoms with van der Waals surface area (Å²) in [5.74, 6) is -1.50. The zero-order valence-electron chi connectivity index (χ0n) is 12.3. The monoisotopic (exact) mass is 274 g/mol. The molecule has 0 saturated carbocycles. The molecule has 0 saturated heterocycles. The lowest BCUT2D eigenvalue weighted by atomic mass is 10.1. The highest BCUT2D eigenvalue weighted by Crippen LogP contribution is 2.09. The van der Waals surface area contributed by atoms with Crippen molar-refractivity contribution in [1.82, 2.24) is 10.2 Å². The summed E-state index contributed by atoms with van der Waals surface area (Å²) in [6.07, 6.45) is 1.73. The molecule has 0 aromatic rings. The molecule has 1 atom stereocenters. The van der Waals surface area contributed by atoms with Gasteiger partial charge >= 0.3 is 12.0 Å². The van der Waals surface area contributed by atoms with Gasteiger partial charge in [0.2, 0.25) is 0 Å². The van der Waals surface area contributed by atoms with E-state index in [2.05, 4.69) is 5.32 Å². The average molecular weight is 274 g/mol. The van der Waals surface area contributed by atoms with Crippen molar-refractivity contribution in [2.75, 3.05) is 26.8 Å². The van der Waals surface area contributed by atoms with Gasteiger partial charge in [-0.1, -0.05) is 20.8 Å². The number of methoxy groups -OCH3 is 1. The zero-order chi connectivity index (χ0) is 14.8. The van der Waals surface area contributed by atoms with Crippen molar-refractivity contribution in [3.8, 4) is 0 Å². The predicted octanol–water partition coefficient (Wildman–Crippen LogP) is 1.55. The second-order valence-corrected chi connectivity index (χ2v) is 4.58. The Morgan fingerprint density at radius 1 is 1.32 bits per heavy atom. The summed E-state index contributed by atoms with van der Waals surface area (Å²) in [4.78, 5) is 24.5. The van der Waals surface area contributed by atoms with Gasteiger partial charge in [0, 0.05) is 26.2 Å². The number of ether oxygens (including phenoxy) is 1. The molecule has 0 fully saturated rings. The van der Waals surface area contributed by atoms with E-state index in [0.29, 0.717) is 13.2 Å². The minimum absolute atomic E-state index is 0.137. The van der Waals surface area contributed by atoms with E-state index in [9.17, 15) is 9.59 Å². The first-order valence-corrected chi connectivity index (χ1v) is 6.74. The summed E-state index contributed by atoms with van der Waals surface area (Å²) in [6, 6.07) is -0.0749. The normalized spacial score (nSPS) is 12.3. The van der Waals surface area contributed by atoms with Gasteiger partial charge < -0.3 is 20.1 Å². The molecule has 2 N–H and O–H groups in total. The fourth-order valence-corrected chi connectivity index (χ4v) is 1.80. The molecule has 19 heavy (non-hydrogen) atoms. The van der Waals surface area contributed by atoms with Gasteiger partial charge in [-0.3, -0.25) is 4.79 Å². The third kappa shape index (κ3) is 6.42. The number of carboxylic acid groups (broad SMARTS) is 1. The first-order valence-electron chi connectivity index (χ1n) is 6.74. The Morgan fingerprint density at radius 2 is 1.89 bits per heavy atom. The van der Waals surface area contributed by atoms with E-state index in [1.807, 2.05) is 13.8 Å². The maximum Gasteiger partial charge on any atom is 0.317 e. The molecule has 0 aromatic heterocycles. The van der Waals surface area contributed by atoms with Crippen molar-refractivity contribution < 1.29 is 19.4 Å². The number of urea groups is 1. The minimum atomic E-state index is -0.911. The molecule has 0 aliphatic rings. The van der Waals surface area contributed by atoms with Crippen LogP contribution in [0.2, 0.25) is 0 Å². The Labute approximate surface area is 115 Å². The number of hydrogen-bond donors (Lipinski definition) is 2. The molecule has 0 spiro atoms. The maximum absolute atomic E-state index is 12.1. The number of carbonyl (C=O) groups is 2. The molecule has 0 rings (SSSR count). The van der Waals surface area contributed by atoms with Crippen LogP contribution in [0.5, 0.6) is 0 Å². The van der Waals surface area contributed by atoms with Crippen LogP contribution in [0.15, 0.2) is 0 Å². The first kappa shape index (κ1) is 17.7. The largest absolute Gasteiger partial charge is 0.481 e. The van der Waals surface area contributed by atoms with Gasteiger partial charge in [0.05, 0.1) is 12.5 Å². The second kappa shape index (κ2) is 9.61. The third-order valence-corrected chi connectivity index (χ3v) is 3.16. The van der Waals surface area contributed by atoms with Crippen LogP contribution in [0.1, 0.15) is 33.6 Å². The number of carboxylic acids is 1. The Kier molecular flexibility index (Phi) is 8.95. The lowest BCUT2D eigenvalue weighted by Gasteiger charge is -2.30. The molecule has 6 nitrogen and oxygen atoms in total. The SMILES string of the molecule is CCC(CC)N(CCOC)C(=O)NCC(C)C(=O)O. The molecule has 2 amide bonds. The van der Waals surface area contributed by atoms with Gasteiger partial charge in [-0.25, -0.2) is 4.79 Å². The highest BCUT2D eigenvalue weighted by atomic mass is 16.5. The predicted molar refractivity (Wildman–Crippen MR) is 73.2 cm³/mol. The highest BCUT2D eigenvalue weighted by Gasteiger charge is 2.21. The number of nitrogens with one attached hydrogen (secondary N) is 1. The summed E-state index contributed by atoms with van der Waals surface area (Å²) >= 11 is 0. The first-order chi connectivity index (χ1) is 8.97. The molecular formula is C13H26N2O4. The van der Waals surface area contributed by atoms with Crippen molar-refractivity contribution in [3.63, 3.8) is 0 Å². The van der Waals surface area contributed by atoms with Crippen molar-refractivity contribution in [1.29, 1.82) is 0 Å². The Bertz CT molecular complexity index is 280. The van der Waals surface area contributed by atoms with Crippen LogP contribution in [0.4, 0.5) is 4.79 Å². The number of aliphatic carboxylic acids is 1. The smallest absolute Gasteiger partial charge is 0.317 e. The molecule has 0 aliphatic carbocycles. The third-order valence-electron chi connectivity index (χ3n) is 3.16. The Hall–Kier alpha value is -1.30. The summed E-state index contributed by atoms with van der Waals surface area (Å²) < 4.78 is 5.01. The maximum atomic E-state index is 12.1. The van der Waals surface area contributed by atoms with Crippen LogP contribution in [-0.2, 0) is 9.53 Å². The van der Waals surface area contributed by atoms with Crippen LogP contribution in [0.3, 0.4) is 0 Å². The number of rotatable bonds is 9. The minimum Gasteiger partial charge on any atom is -0.481 e. The molecule has 0 aliphatic heterocycles. The van der Waals surface area contributed by atoms with Crippen molar-refractivity contribution >= 4 is 12.0 Å². The van der Waals surface area contributed by atoms with Gasteiger partial charge in [0.1, 0.15) is 0 Å². The number of amides is 2. The molecule has 0 radical (unpaired) electrons. The van der Waals surface area contributed by atoms with E-state index in [0.717, 1.165) is 12.8 Å². The van der Waals surface area contributed by atoms with Crippen LogP contribution in [0, 0.1) is 5.92 Å². The van der Waals surface area contributed by atoms with E-state index in [4.69, 9.17) is 9.84 Å². The molecule has 0 aromatic carbocycles. The van der Waals surface area contributed by atoms with E-state index < -0.39 is 11.9 Å².